The van der Waals surface area contributed by atoms with Gasteiger partial charge in [0.2, 0.25) is 12.2 Å². The van der Waals surface area contributed by atoms with Crippen molar-refractivity contribution in [2.45, 2.75) is 18.9 Å². The van der Waals surface area contributed by atoms with E-state index in [-0.39, 0.29) is 12.4 Å². The summed E-state index contributed by atoms with van der Waals surface area (Å²) in [4.78, 5) is 0. The van der Waals surface area contributed by atoms with E-state index in [1.54, 1.807) is 12.1 Å². The van der Waals surface area contributed by atoms with Crippen molar-refractivity contribution in [2.75, 3.05) is 21.3 Å². The monoisotopic (exact) mass is 297 g/mol. The predicted octanol–water partition coefficient (Wildman–Crippen LogP) is 2.79. The lowest BCUT2D eigenvalue weighted by molar-refractivity contribution is 0.128. The van der Waals surface area contributed by atoms with Crippen LogP contribution in [-0.4, -0.2) is 27.8 Å². The van der Waals surface area contributed by atoms with Gasteiger partial charge in [-0.05, 0) is 17.7 Å². The van der Waals surface area contributed by atoms with Gasteiger partial charge in [-0.1, -0.05) is 0 Å². The average Bonchev–Trinajstić information content (AvgIpc) is 2.35. The Morgan fingerprint density at radius 2 is 1.53 bits per heavy atom. The fourth-order valence-corrected chi connectivity index (χ4v) is 1.64. The first-order valence-electron chi connectivity index (χ1n) is 5.37. The molecule has 0 bridgehead atoms. The Balaban J connectivity index is 0.00000324. The summed E-state index contributed by atoms with van der Waals surface area (Å²) in [6.45, 7) is 0. The first-order valence-corrected chi connectivity index (χ1v) is 5.37. The van der Waals surface area contributed by atoms with Gasteiger partial charge >= 0.3 is 0 Å². The number of ether oxygens (including phenoxy) is 3. The molecule has 0 aliphatic heterocycles. The summed E-state index contributed by atoms with van der Waals surface area (Å²) in [5.41, 5.74) is 6.22. The zero-order valence-electron chi connectivity index (χ0n) is 11.0. The van der Waals surface area contributed by atoms with E-state index < -0.39 is 18.9 Å². The van der Waals surface area contributed by atoms with Gasteiger partial charge in [-0.15, -0.1) is 12.4 Å². The molecule has 0 fully saturated rings. The van der Waals surface area contributed by atoms with Crippen molar-refractivity contribution in [3.63, 3.8) is 0 Å². The normalized spacial score (nSPS) is 11.7. The molecule has 110 valence electrons. The van der Waals surface area contributed by atoms with Crippen LogP contribution in [0.4, 0.5) is 8.78 Å². The Morgan fingerprint density at radius 3 is 1.84 bits per heavy atom. The highest BCUT2D eigenvalue weighted by Gasteiger charge is 2.18. The third-order valence-corrected chi connectivity index (χ3v) is 2.55. The number of hydrogen-bond donors (Lipinski definition) is 1. The summed E-state index contributed by atoms with van der Waals surface area (Å²) in [7, 11) is 4.39. The van der Waals surface area contributed by atoms with Gasteiger partial charge in [0.25, 0.3) is 0 Å². The van der Waals surface area contributed by atoms with Crippen LogP contribution in [0, 0.1) is 0 Å². The quantitative estimate of drug-likeness (QED) is 0.877. The standard InChI is InChI=1S/C12H17F2NO3.ClH/c1-16-9-4-7(8(15)6-11(13)14)5-10(17-2)12(9)18-3;/h4-5,8,11H,6,15H2,1-3H3;1H/t8-;/m0./s1. The lowest BCUT2D eigenvalue weighted by atomic mass is 10.0. The molecule has 0 aliphatic rings. The number of hydrogen-bond acceptors (Lipinski definition) is 4. The molecular formula is C12H18ClF2NO3. The van der Waals surface area contributed by atoms with Gasteiger partial charge in [0.05, 0.1) is 21.3 Å². The van der Waals surface area contributed by atoms with Gasteiger partial charge in [0.15, 0.2) is 11.5 Å². The van der Waals surface area contributed by atoms with Crippen molar-refractivity contribution in [1.82, 2.24) is 0 Å². The van der Waals surface area contributed by atoms with Crippen LogP contribution in [0.5, 0.6) is 17.2 Å². The number of methoxy groups -OCH3 is 3. The molecule has 0 saturated carbocycles. The van der Waals surface area contributed by atoms with E-state index in [9.17, 15) is 8.78 Å². The molecule has 0 aliphatic carbocycles. The number of rotatable bonds is 6. The number of alkyl halides is 2. The molecule has 0 radical (unpaired) electrons. The maximum Gasteiger partial charge on any atom is 0.240 e. The summed E-state index contributed by atoms with van der Waals surface area (Å²) >= 11 is 0. The van der Waals surface area contributed by atoms with Crippen molar-refractivity contribution in [1.29, 1.82) is 0 Å². The fourth-order valence-electron chi connectivity index (χ4n) is 1.64. The maximum atomic E-state index is 12.3. The van der Waals surface area contributed by atoms with Crippen molar-refractivity contribution in [3.05, 3.63) is 17.7 Å². The molecular weight excluding hydrogens is 280 g/mol. The molecule has 0 heterocycles. The summed E-state index contributed by atoms with van der Waals surface area (Å²) in [6.07, 6.45) is -2.88. The van der Waals surface area contributed by atoms with Crippen molar-refractivity contribution >= 4 is 12.4 Å². The Morgan fingerprint density at radius 1 is 1.05 bits per heavy atom. The lowest BCUT2D eigenvalue weighted by Crippen LogP contribution is -2.14. The third kappa shape index (κ3) is 4.40. The van der Waals surface area contributed by atoms with E-state index in [4.69, 9.17) is 19.9 Å². The van der Waals surface area contributed by atoms with E-state index in [0.29, 0.717) is 22.8 Å². The van der Waals surface area contributed by atoms with Gasteiger partial charge in [0.1, 0.15) is 0 Å². The van der Waals surface area contributed by atoms with Crippen molar-refractivity contribution in [2.24, 2.45) is 5.73 Å². The molecule has 0 aromatic heterocycles. The molecule has 7 heteroatoms. The van der Waals surface area contributed by atoms with Gasteiger partial charge in [-0.3, -0.25) is 0 Å². The Bertz CT molecular complexity index is 380. The van der Waals surface area contributed by atoms with Crippen LogP contribution in [0.3, 0.4) is 0 Å². The minimum atomic E-state index is -2.46. The van der Waals surface area contributed by atoms with Crippen LogP contribution in [-0.2, 0) is 0 Å². The maximum absolute atomic E-state index is 12.3. The largest absolute Gasteiger partial charge is 0.493 e. The van der Waals surface area contributed by atoms with Crippen LogP contribution in [0.15, 0.2) is 12.1 Å². The highest BCUT2D eigenvalue weighted by atomic mass is 35.5. The first kappa shape index (κ1) is 17.7. The molecule has 1 atom stereocenters. The third-order valence-electron chi connectivity index (χ3n) is 2.55. The smallest absolute Gasteiger partial charge is 0.240 e. The second-order valence-electron chi connectivity index (χ2n) is 3.69. The molecule has 2 N–H and O–H groups in total. The molecule has 1 aromatic rings. The van der Waals surface area contributed by atoms with Crippen LogP contribution in [0.1, 0.15) is 18.0 Å². The van der Waals surface area contributed by atoms with Crippen LogP contribution >= 0.6 is 12.4 Å². The number of nitrogens with two attached hydrogens (primary N) is 1. The minimum absolute atomic E-state index is 0. The number of halogens is 3. The van der Waals surface area contributed by atoms with Gasteiger partial charge in [0, 0.05) is 12.5 Å². The topological polar surface area (TPSA) is 53.7 Å². The Kier molecular flexibility index (Phi) is 7.48. The minimum Gasteiger partial charge on any atom is -0.493 e. The van der Waals surface area contributed by atoms with Crippen molar-refractivity contribution in [3.8, 4) is 17.2 Å². The second-order valence-corrected chi connectivity index (χ2v) is 3.69. The van der Waals surface area contributed by atoms with Gasteiger partial charge < -0.3 is 19.9 Å². The van der Waals surface area contributed by atoms with Crippen LogP contribution in [0.25, 0.3) is 0 Å². The van der Waals surface area contributed by atoms with Crippen molar-refractivity contribution < 1.29 is 23.0 Å². The highest BCUT2D eigenvalue weighted by molar-refractivity contribution is 5.85. The zero-order valence-corrected chi connectivity index (χ0v) is 11.8. The summed E-state index contributed by atoms with van der Waals surface area (Å²) in [5, 5.41) is 0. The summed E-state index contributed by atoms with van der Waals surface area (Å²) in [5.74, 6) is 1.21. The SMILES string of the molecule is COc1cc([C@@H](N)CC(F)F)cc(OC)c1OC.Cl. The Hall–Kier alpha value is -1.27. The average molecular weight is 298 g/mol. The molecule has 0 amide bonds. The first-order chi connectivity index (χ1) is 8.53. The fraction of sp³-hybridized carbons (Fsp3) is 0.500. The van der Waals surface area contributed by atoms with E-state index in [1.165, 1.54) is 21.3 Å². The predicted molar refractivity (Wildman–Crippen MR) is 70.9 cm³/mol. The molecule has 4 nitrogen and oxygen atoms in total. The van der Waals surface area contributed by atoms with Crippen LogP contribution in [0.2, 0.25) is 0 Å². The second kappa shape index (κ2) is 8.01. The lowest BCUT2D eigenvalue weighted by Gasteiger charge is -2.17. The summed E-state index contributed by atoms with van der Waals surface area (Å²) in [6, 6.07) is 2.38. The van der Waals surface area contributed by atoms with E-state index in [1.807, 2.05) is 0 Å². The zero-order chi connectivity index (χ0) is 13.7. The molecule has 0 spiro atoms. The van der Waals surface area contributed by atoms with Crippen LogP contribution < -0.4 is 19.9 Å². The van der Waals surface area contributed by atoms with E-state index >= 15 is 0 Å². The van der Waals surface area contributed by atoms with E-state index in [2.05, 4.69) is 0 Å². The molecule has 0 saturated heterocycles. The van der Waals surface area contributed by atoms with Gasteiger partial charge in [-0.25, -0.2) is 8.78 Å². The molecule has 0 unspecified atom stereocenters. The number of benzene rings is 1. The molecule has 19 heavy (non-hydrogen) atoms. The molecule has 1 rings (SSSR count). The van der Waals surface area contributed by atoms with E-state index in [0.717, 1.165) is 0 Å². The Labute approximate surface area is 117 Å². The molecule has 1 aromatic carbocycles. The van der Waals surface area contributed by atoms with Gasteiger partial charge in [-0.2, -0.15) is 0 Å². The summed E-state index contributed by atoms with van der Waals surface area (Å²) < 4.78 is 40.0. The highest BCUT2D eigenvalue weighted by Crippen LogP contribution is 2.39.